The maximum absolute atomic E-state index is 11.1. The number of hydrogen-bond acceptors (Lipinski definition) is 3. The summed E-state index contributed by atoms with van der Waals surface area (Å²) >= 11 is 0. The van der Waals surface area contributed by atoms with Crippen molar-refractivity contribution in [3.63, 3.8) is 0 Å². The summed E-state index contributed by atoms with van der Waals surface area (Å²) in [6.45, 7) is 7.98. The minimum atomic E-state index is -0.722. The van der Waals surface area contributed by atoms with Crippen LogP contribution in [0.1, 0.15) is 44.4 Å². The fourth-order valence-electron chi connectivity index (χ4n) is 3.29. The van der Waals surface area contributed by atoms with Gasteiger partial charge in [-0.2, -0.15) is 0 Å². The standard InChI is InChI=1S/C23H30N2O2/c1-23(2,3)24-14-8-16-27-21-12-6-5-9-19(21)22(26)18-10-7-11-20-17(18)13-15-25(20)4/h5-7,9-13,15,22,24,26H,8,14,16H2,1-4H3. The van der Waals surface area contributed by atoms with Gasteiger partial charge in [0.25, 0.3) is 0 Å². The smallest absolute Gasteiger partial charge is 0.125 e. The molecule has 1 atom stereocenters. The van der Waals surface area contributed by atoms with E-state index in [9.17, 15) is 5.11 Å². The predicted octanol–water partition coefficient (Wildman–Crippen LogP) is 4.42. The fraction of sp³-hybridized carbons (Fsp3) is 0.391. The SMILES string of the molecule is Cn1ccc2c(C(O)c3ccccc3OCCCNC(C)(C)C)cccc21. The summed E-state index contributed by atoms with van der Waals surface area (Å²) in [6, 6.07) is 15.8. The monoisotopic (exact) mass is 366 g/mol. The summed E-state index contributed by atoms with van der Waals surface area (Å²) in [5.74, 6) is 0.744. The summed E-state index contributed by atoms with van der Waals surface area (Å²) in [7, 11) is 2.02. The van der Waals surface area contributed by atoms with Crippen LogP contribution >= 0.6 is 0 Å². The van der Waals surface area contributed by atoms with E-state index in [4.69, 9.17) is 4.74 Å². The molecule has 27 heavy (non-hydrogen) atoms. The average Bonchev–Trinajstić information content (AvgIpc) is 3.01. The highest BCUT2D eigenvalue weighted by Gasteiger charge is 2.18. The van der Waals surface area contributed by atoms with E-state index in [0.29, 0.717) is 6.61 Å². The molecule has 0 saturated carbocycles. The Kier molecular flexibility index (Phi) is 5.88. The number of aliphatic hydroxyl groups excluding tert-OH is 1. The van der Waals surface area contributed by atoms with Crippen LogP contribution in [0.5, 0.6) is 5.75 Å². The minimum Gasteiger partial charge on any atom is -0.493 e. The van der Waals surface area contributed by atoms with Gasteiger partial charge in [-0.05, 0) is 57.5 Å². The van der Waals surface area contributed by atoms with Crippen LogP contribution in [-0.4, -0.2) is 28.4 Å². The first-order valence-electron chi connectivity index (χ1n) is 9.55. The molecule has 1 heterocycles. The minimum absolute atomic E-state index is 0.114. The molecule has 1 aromatic heterocycles. The van der Waals surface area contributed by atoms with Crippen LogP contribution in [0.15, 0.2) is 54.7 Å². The van der Waals surface area contributed by atoms with Gasteiger partial charge in [0.15, 0.2) is 0 Å². The summed E-state index contributed by atoms with van der Waals surface area (Å²) in [5.41, 5.74) is 2.93. The maximum Gasteiger partial charge on any atom is 0.125 e. The summed E-state index contributed by atoms with van der Waals surface area (Å²) < 4.78 is 8.07. The lowest BCUT2D eigenvalue weighted by atomic mass is 9.98. The third-order valence-corrected chi connectivity index (χ3v) is 4.70. The number of fused-ring (bicyclic) bond motifs is 1. The third-order valence-electron chi connectivity index (χ3n) is 4.70. The Labute approximate surface area is 161 Å². The lowest BCUT2D eigenvalue weighted by Gasteiger charge is -2.21. The van der Waals surface area contributed by atoms with Crippen molar-refractivity contribution in [2.75, 3.05) is 13.2 Å². The number of nitrogens with one attached hydrogen (secondary N) is 1. The molecule has 0 spiro atoms. The first-order valence-corrected chi connectivity index (χ1v) is 9.55. The highest BCUT2D eigenvalue weighted by molar-refractivity contribution is 5.84. The number of hydrogen-bond donors (Lipinski definition) is 2. The van der Waals surface area contributed by atoms with Crippen LogP contribution in [0.25, 0.3) is 10.9 Å². The zero-order chi connectivity index (χ0) is 19.4. The molecule has 0 aliphatic heterocycles. The number of benzene rings is 2. The fourth-order valence-corrected chi connectivity index (χ4v) is 3.29. The molecule has 0 saturated heterocycles. The number of aliphatic hydroxyl groups is 1. The lowest BCUT2D eigenvalue weighted by molar-refractivity contribution is 0.211. The van der Waals surface area contributed by atoms with Crippen LogP contribution in [0.3, 0.4) is 0 Å². The Balaban J connectivity index is 1.75. The molecule has 144 valence electrons. The molecule has 3 aromatic rings. The van der Waals surface area contributed by atoms with Crippen LogP contribution < -0.4 is 10.1 Å². The zero-order valence-electron chi connectivity index (χ0n) is 16.7. The molecule has 2 aromatic carbocycles. The van der Waals surface area contributed by atoms with Crippen LogP contribution in [-0.2, 0) is 7.05 Å². The molecule has 0 aliphatic rings. The summed E-state index contributed by atoms with van der Waals surface area (Å²) in [5, 5.41) is 15.6. The van der Waals surface area contributed by atoms with Crippen molar-refractivity contribution in [1.29, 1.82) is 0 Å². The van der Waals surface area contributed by atoms with E-state index in [2.05, 4.69) is 42.8 Å². The average molecular weight is 367 g/mol. The van der Waals surface area contributed by atoms with Gasteiger partial charge in [-0.15, -0.1) is 0 Å². The molecule has 3 rings (SSSR count). The second-order valence-electron chi connectivity index (χ2n) is 8.03. The molecule has 4 heteroatoms. The largest absolute Gasteiger partial charge is 0.493 e. The second-order valence-corrected chi connectivity index (χ2v) is 8.03. The van der Waals surface area contributed by atoms with Gasteiger partial charge < -0.3 is 19.7 Å². The summed E-state index contributed by atoms with van der Waals surface area (Å²) in [4.78, 5) is 0. The van der Waals surface area contributed by atoms with Crippen molar-refractivity contribution in [3.8, 4) is 5.75 Å². The van der Waals surface area contributed by atoms with E-state index in [0.717, 1.165) is 40.7 Å². The van der Waals surface area contributed by atoms with Gasteiger partial charge in [0.1, 0.15) is 11.9 Å². The Bertz CT molecular complexity index is 893. The Morgan fingerprint density at radius 2 is 1.78 bits per heavy atom. The quantitative estimate of drug-likeness (QED) is 0.609. The van der Waals surface area contributed by atoms with Gasteiger partial charge in [-0.25, -0.2) is 0 Å². The van der Waals surface area contributed by atoms with E-state index in [-0.39, 0.29) is 5.54 Å². The van der Waals surface area contributed by atoms with Gasteiger partial charge >= 0.3 is 0 Å². The highest BCUT2D eigenvalue weighted by Crippen LogP contribution is 2.34. The third kappa shape index (κ3) is 4.71. The number of rotatable bonds is 7. The van der Waals surface area contributed by atoms with Crippen molar-refractivity contribution in [3.05, 3.63) is 65.9 Å². The molecule has 1 unspecified atom stereocenters. The lowest BCUT2D eigenvalue weighted by Crippen LogP contribution is -2.36. The van der Waals surface area contributed by atoms with E-state index in [1.54, 1.807) is 0 Å². The first-order chi connectivity index (χ1) is 12.9. The van der Waals surface area contributed by atoms with Crippen LogP contribution in [0, 0.1) is 0 Å². The van der Waals surface area contributed by atoms with Gasteiger partial charge in [-0.3, -0.25) is 0 Å². The van der Waals surface area contributed by atoms with Crippen LogP contribution in [0.2, 0.25) is 0 Å². The van der Waals surface area contributed by atoms with E-state index >= 15 is 0 Å². The Morgan fingerprint density at radius 1 is 1.04 bits per heavy atom. The molecule has 0 aliphatic carbocycles. The Morgan fingerprint density at radius 3 is 2.56 bits per heavy atom. The Hall–Kier alpha value is -2.30. The molecule has 0 amide bonds. The van der Waals surface area contributed by atoms with Crippen LogP contribution in [0.4, 0.5) is 0 Å². The topological polar surface area (TPSA) is 46.4 Å². The maximum atomic E-state index is 11.1. The number of aromatic nitrogens is 1. The highest BCUT2D eigenvalue weighted by atomic mass is 16.5. The summed E-state index contributed by atoms with van der Waals surface area (Å²) in [6.07, 6.45) is 2.21. The molecule has 2 N–H and O–H groups in total. The molecular weight excluding hydrogens is 336 g/mol. The van der Waals surface area contributed by atoms with E-state index < -0.39 is 6.10 Å². The van der Waals surface area contributed by atoms with Crippen molar-refractivity contribution >= 4 is 10.9 Å². The molecule has 0 bridgehead atoms. The van der Waals surface area contributed by atoms with Crippen molar-refractivity contribution in [2.45, 2.75) is 38.8 Å². The molecule has 4 nitrogen and oxygen atoms in total. The van der Waals surface area contributed by atoms with Crippen molar-refractivity contribution < 1.29 is 9.84 Å². The number of nitrogens with zero attached hydrogens (tertiary/aromatic N) is 1. The molecule has 0 radical (unpaired) electrons. The van der Waals surface area contributed by atoms with Crippen molar-refractivity contribution in [2.24, 2.45) is 7.05 Å². The molecular formula is C23H30N2O2. The first kappa shape index (κ1) is 19.5. The van der Waals surface area contributed by atoms with Crippen molar-refractivity contribution in [1.82, 2.24) is 9.88 Å². The number of aryl methyl sites for hydroxylation is 1. The van der Waals surface area contributed by atoms with E-state index in [1.165, 1.54) is 0 Å². The van der Waals surface area contributed by atoms with Gasteiger partial charge in [0.05, 0.1) is 6.61 Å². The molecule has 0 fully saturated rings. The predicted molar refractivity (Wildman–Crippen MR) is 111 cm³/mol. The number of ether oxygens (including phenoxy) is 1. The number of para-hydroxylation sites is 1. The second kappa shape index (κ2) is 8.15. The van der Waals surface area contributed by atoms with Gasteiger partial charge in [-0.1, -0.05) is 30.3 Å². The van der Waals surface area contributed by atoms with E-state index in [1.807, 2.05) is 49.6 Å². The van der Waals surface area contributed by atoms with Gasteiger partial charge in [0.2, 0.25) is 0 Å². The van der Waals surface area contributed by atoms with Gasteiger partial charge in [0, 0.05) is 35.2 Å². The normalized spacial score (nSPS) is 13.1. The zero-order valence-corrected chi connectivity index (χ0v) is 16.7.